The summed E-state index contributed by atoms with van der Waals surface area (Å²) in [6, 6.07) is 18.0. The lowest BCUT2D eigenvalue weighted by molar-refractivity contribution is 0.306. The maximum atomic E-state index is 11.3. The van der Waals surface area contributed by atoms with E-state index in [1.54, 1.807) is 11.3 Å². The van der Waals surface area contributed by atoms with Crippen LogP contribution in [0.5, 0.6) is 5.75 Å². The SMILES string of the molecule is CS(=O)(=O)CCNCc1cnc(N2C=CC3=CNC=C(Nc4ccc(OCc5ccccc5)cc4)C3=C2)s1. The molecule has 3 N–H and O–H groups in total. The van der Waals surface area contributed by atoms with Crippen LogP contribution >= 0.6 is 11.3 Å². The van der Waals surface area contributed by atoms with Crippen molar-refractivity contribution < 1.29 is 13.2 Å². The second kappa shape index (κ2) is 11.7. The molecule has 2 aliphatic rings. The summed E-state index contributed by atoms with van der Waals surface area (Å²) in [5, 5.41) is 10.7. The van der Waals surface area contributed by atoms with E-state index in [2.05, 4.69) is 27.1 Å². The molecule has 3 heterocycles. The Morgan fingerprint density at radius 2 is 1.89 bits per heavy atom. The van der Waals surface area contributed by atoms with E-state index < -0.39 is 9.84 Å². The third kappa shape index (κ3) is 6.91. The van der Waals surface area contributed by atoms with E-state index in [1.807, 2.05) is 90.4 Å². The third-order valence-corrected chi connectivity index (χ3v) is 7.80. The Balaban J connectivity index is 1.21. The predicted octanol–water partition coefficient (Wildman–Crippen LogP) is 4.51. The standard InChI is InChI=1S/C28H29N5O3S2/c1-38(34,35)14-12-29-16-25-17-31-28(37-25)33-13-11-22-15-30-18-27(26(22)19-33)32-23-7-9-24(10-8-23)36-20-21-5-3-2-4-6-21/h2-11,13,15,17-19,29-30,32H,12,14,16,20H2,1H3. The molecule has 8 nitrogen and oxygen atoms in total. The highest BCUT2D eigenvalue weighted by atomic mass is 32.2. The predicted molar refractivity (Wildman–Crippen MR) is 153 cm³/mol. The summed E-state index contributed by atoms with van der Waals surface area (Å²) < 4.78 is 28.5. The summed E-state index contributed by atoms with van der Waals surface area (Å²) >= 11 is 1.56. The van der Waals surface area contributed by atoms with E-state index in [1.165, 1.54) is 6.26 Å². The number of nitrogens with zero attached hydrogens (tertiary/aromatic N) is 2. The number of allylic oxidation sites excluding steroid dienone is 2. The van der Waals surface area contributed by atoms with Crippen molar-refractivity contribution in [3.63, 3.8) is 0 Å². The molecule has 0 amide bonds. The molecule has 0 spiro atoms. The largest absolute Gasteiger partial charge is 0.489 e. The Labute approximate surface area is 227 Å². The van der Waals surface area contributed by atoms with E-state index in [9.17, 15) is 8.42 Å². The van der Waals surface area contributed by atoms with Gasteiger partial charge in [-0.3, -0.25) is 4.90 Å². The fourth-order valence-corrected chi connectivity index (χ4v) is 5.22. The zero-order chi connectivity index (χ0) is 26.4. The van der Waals surface area contributed by atoms with Gasteiger partial charge in [0, 0.05) is 72.1 Å². The first-order valence-electron chi connectivity index (χ1n) is 12.2. The molecule has 0 radical (unpaired) electrons. The molecular formula is C28H29N5O3S2. The summed E-state index contributed by atoms with van der Waals surface area (Å²) in [5.74, 6) is 0.932. The lowest BCUT2D eigenvalue weighted by Gasteiger charge is -2.26. The van der Waals surface area contributed by atoms with Gasteiger partial charge in [0.15, 0.2) is 5.13 Å². The monoisotopic (exact) mass is 547 g/mol. The van der Waals surface area contributed by atoms with Crippen LogP contribution in [-0.4, -0.2) is 32.0 Å². The fraction of sp³-hybridized carbons (Fsp3) is 0.179. The average molecular weight is 548 g/mol. The van der Waals surface area contributed by atoms with Gasteiger partial charge in [-0.15, -0.1) is 0 Å². The van der Waals surface area contributed by atoms with Gasteiger partial charge in [0.05, 0.1) is 11.4 Å². The van der Waals surface area contributed by atoms with E-state index >= 15 is 0 Å². The zero-order valence-electron chi connectivity index (χ0n) is 20.9. The molecule has 2 aliphatic heterocycles. The molecule has 0 atom stereocenters. The van der Waals surface area contributed by atoms with Crippen molar-refractivity contribution >= 4 is 32.0 Å². The number of nitrogens with one attached hydrogen (secondary N) is 3. The van der Waals surface area contributed by atoms with Crippen molar-refractivity contribution in [3.05, 3.63) is 119 Å². The minimum atomic E-state index is -2.97. The highest BCUT2D eigenvalue weighted by molar-refractivity contribution is 7.90. The highest BCUT2D eigenvalue weighted by Crippen LogP contribution is 2.32. The Hall–Kier alpha value is -3.86. The molecule has 0 aliphatic carbocycles. The first-order valence-corrected chi connectivity index (χ1v) is 15.0. The van der Waals surface area contributed by atoms with Gasteiger partial charge in [0.2, 0.25) is 0 Å². The summed E-state index contributed by atoms with van der Waals surface area (Å²) in [4.78, 5) is 7.60. The summed E-state index contributed by atoms with van der Waals surface area (Å²) in [6.45, 7) is 1.52. The van der Waals surface area contributed by atoms with Crippen molar-refractivity contribution in [2.24, 2.45) is 0 Å². The normalized spacial score (nSPS) is 14.7. The summed E-state index contributed by atoms with van der Waals surface area (Å²) in [5.41, 5.74) is 5.12. The fourth-order valence-electron chi connectivity index (χ4n) is 3.87. The van der Waals surface area contributed by atoms with E-state index in [-0.39, 0.29) is 5.75 Å². The van der Waals surface area contributed by atoms with Crippen LogP contribution in [0.3, 0.4) is 0 Å². The maximum absolute atomic E-state index is 11.3. The number of benzene rings is 2. The van der Waals surface area contributed by atoms with Gasteiger partial charge in [0.25, 0.3) is 0 Å². The molecule has 5 rings (SSSR count). The highest BCUT2D eigenvalue weighted by Gasteiger charge is 2.20. The van der Waals surface area contributed by atoms with Crippen LogP contribution < -0.4 is 25.6 Å². The van der Waals surface area contributed by atoms with E-state index in [4.69, 9.17) is 4.74 Å². The first-order chi connectivity index (χ1) is 18.4. The van der Waals surface area contributed by atoms with Gasteiger partial charge in [-0.25, -0.2) is 13.4 Å². The number of fused-ring (bicyclic) bond motifs is 1. The number of rotatable bonds is 11. The van der Waals surface area contributed by atoms with Gasteiger partial charge in [0.1, 0.15) is 22.2 Å². The molecule has 0 saturated heterocycles. The van der Waals surface area contributed by atoms with Crippen molar-refractivity contribution in [1.29, 1.82) is 0 Å². The second-order valence-corrected chi connectivity index (χ2v) is 12.3. The lowest BCUT2D eigenvalue weighted by atomic mass is 10.0. The van der Waals surface area contributed by atoms with Crippen LogP contribution in [0.2, 0.25) is 0 Å². The number of sulfone groups is 1. The molecule has 10 heteroatoms. The van der Waals surface area contributed by atoms with E-state index in [0.717, 1.165) is 43.9 Å². The second-order valence-electron chi connectivity index (χ2n) is 8.93. The summed E-state index contributed by atoms with van der Waals surface area (Å²) in [7, 11) is -2.97. The topological polar surface area (TPSA) is 95.6 Å². The van der Waals surface area contributed by atoms with Gasteiger partial charge in [-0.05, 0) is 35.9 Å². The van der Waals surface area contributed by atoms with Crippen molar-refractivity contribution in [2.45, 2.75) is 13.2 Å². The molecule has 196 valence electrons. The smallest absolute Gasteiger partial charge is 0.193 e. The molecular weight excluding hydrogens is 518 g/mol. The Kier molecular flexibility index (Phi) is 7.92. The number of dihydropyridines is 1. The average Bonchev–Trinajstić information content (AvgIpc) is 3.40. The molecule has 0 fully saturated rings. The van der Waals surface area contributed by atoms with Gasteiger partial charge < -0.3 is 20.7 Å². The number of aromatic nitrogens is 1. The van der Waals surface area contributed by atoms with Crippen molar-refractivity contribution in [1.82, 2.24) is 15.6 Å². The quantitative estimate of drug-likeness (QED) is 0.302. The number of thiazole rings is 1. The van der Waals surface area contributed by atoms with Crippen LogP contribution in [0, 0.1) is 0 Å². The van der Waals surface area contributed by atoms with Gasteiger partial charge in [-0.2, -0.15) is 0 Å². The molecule has 38 heavy (non-hydrogen) atoms. The van der Waals surface area contributed by atoms with E-state index in [0.29, 0.717) is 19.7 Å². The molecule has 0 saturated carbocycles. The van der Waals surface area contributed by atoms with Crippen LogP contribution in [0.25, 0.3) is 0 Å². The van der Waals surface area contributed by atoms with Crippen molar-refractivity contribution in [3.8, 4) is 5.75 Å². The maximum Gasteiger partial charge on any atom is 0.193 e. The number of hydrogen-bond donors (Lipinski definition) is 3. The number of hydrogen-bond acceptors (Lipinski definition) is 9. The van der Waals surface area contributed by atoms with Crippen LogP contribution in [-0.2, 0) is 23.0 Å². The Morgan fingerprint density at radius 3 is 2.68 bits per heavy atom. The lowest BCUT2D eigenvalue weighted by Crippen LogP contribution is -2.21. The summed E-state index contributed by atoms with van der Waals surface area (Å²) in [6.07, 6.45) is 13.1. The van der Waals surface area contributed by atoms with Crippen LogP contribution in [0.15, 0.2) is 109 Å². The molecule has 0 bridgehead atoms. The molecule has 3 aromatic rings. The minimum Gasteiger partial charge on any atom is -0.489 e. The Bertz CT molecular complexity index is 1490. The molecule has 2 aromatic carbocycles. The molecule has 0 unspecified atom stereocenters. The Morgan fingerprint density at radius 1 is 1.08 bits per heavy atom. The zero-order valence-corrected chi connectivity index (χ0v) is 22.6. The minimum absolute atomic E-state index is 0.119. The first kappa shape index (κ1) is 25.8. The third-order valence-electron chi connectivity index (χ3n) is 5.84. The van der Waals surface area contributed by atoms with Crippen LogP contribution in [0.4, 0.5) is 10.8 Å². The number of ether oxygens (including phenoxy) is 1. The number of anilines is 2. The molecule has 1 aromatic heterocycles. The van der Waals surface area contributed by atoms with Crippen LogP contribution in [0.1, 0.15) is 10.4 Å². The van der Waals surface area contributed by atoms with Crippen molar-refractivity contribution in [2.75, 3.05) is 28.8 Å². The van der Waals surface area contributed by atoms with Gasteiger partial charge in [-0.1, -0.05) is 41.7 Å². The van der Waals surface area contributed by atoms with Gasteiger partial charge >= 0.3 is 0 Å².